The lowest BCUT2D eigenvalue weighted by molar-refractivity contribution is 0.328. The number of aryl methyl sites for hydroxylation is 1. The van der Waals surface area contributed by atoms with E-state index in [0.717, 1.165) is 38.2 Å². The summed E-state index contributed by atoms with van der Waals surface area (Å²) in [7, 11) is 1.73. The van der Waals surface area contributed by atoms with Crippen LogP contribution in [-0.2, 0) is 6.42 Å². The van der Waals surface area contributed by atoms with Gasteiger partial charge in [0.2, 0.25) is 0 Å². The molecule has 1 aliphatic rings. The molecule has 2 rings (SSSR count). The molecule has 94 valence electrons. The summed E-state index contributed by atoms with van der Waals surface area (Å²) in [5, 5.41) is 0. The normalized spacial score (nSPS) is 20.7. The fraction of sp³-hybridized carbons (Fsp3) is 0.571. The fourth-order valence-corrected chi connectivity index (χ4v) is 2.47. The second kappa shape index (κ2) is 6.03. The molecule has 3 heteroatoms. The number of hydrogen-bond acceptors (Lipinski definition) is 3. The van der Waals surface area contributed by atoms with E-state index in [9.17, 15) is 0 Å². The van der Waals surface area contributed by atoms with Crippen LogP contribution in [0.15, 0.2) is 24.3 Å². The Morgan fingerprint density at radius 3 is 2.94 bits per heavy atom. The minimum atomic E-state index is 0.390. The second-order valence-corrected chi connectivity index (χ2v) is 4.76. The minimum Gasteiger partial charge on any atom is -0.496 e. The topological polar surface area (TPSA) is 38.5 Å². The van der Waals surface area contributed by atoms with Crippen molar-refractivity contribution < 1.29 is 4.74 Å². The Hall–Kier alpha value is -1.06. The van der Waals surface area contributed by atoms with Crippen LogP contribution >= 0.6 is 0 Å². The van der Waals surface area contributed by atoms with Gasteiger partial charge in [-0.1, -0.05) is 18.2 Å². The molecule has 2 N–H and O–H groups in total. The molecule has 1 heterocycles. The van der Waals surface area contributed by atoms with Crippen molar-refractivity contribution in [2.24, 2.45) is 5.73 Å². The third-order valence-electron chi connectivity index (χ3n) is 3.42. The second-order valence-electron chi connectivity index (χ2n) is 4.76. The molecule has 0 saturated carbocycles. The molecule has 1 fully saturated rings. The first-order valence-electron chi connectivity index (χ1n) is 6.39. The van der Waals surface area contributed by atoms with Crippen molar-refractivity contribution >= 4 is 0 Å². The molecule has 0 radical (unpaired) electrons. The molecular formula is C14H22N2O. The predicted octanol–water partition coefficient (Wildman–Crippen LogP) is 1.66. The largest absolute Gasteiger partial charge is 0.496 e. The molecular weight excluding hydrogens is 212 g/mol. The van der Waals surface area contributed by atoms with Crippen molar-refractivity contribution in [1.82, 2.24) is 4.90 Å². The lowest BCUT2D eigenvalue weighted by atomic mass is 10.1. The maximum atomic E-state index is 5.89. The van der Waals surface area contributed by atoms with Gasteiger partial charge in [-0.3, -0.25) is 0 Å². The molecule has 17 heavy (non-hydrogen) atoms. The first kappa shape index (κ1) is 12.4. The van der Waals surface area contributed by atoms with E-state index in [2.05, 4.69) is 17.0 Å². The quantitative estimate of drug-likeness (QED) is 0.842. The number of rotatable bonds is 5. The van der Waals surface area contributed by atoms with Crippen LogP contribution < -0.4 is 10.5 Å². The van der Waals surface area contributed by atoms with Gasteiger partial charge in [0.05, 0.1) is 7.11 Å². The highest BCUT2D eigenvalue weighted by Gasteiger charge is 2.18. The molecule has 3 nitrogen and oxygen atoms in total. The Kier molecular flexibility index (Phi) is 4.40. The van der Waals surface area contributed by atoms with Crippen molar-refractivity contribution in [1.29, 1.82) is 0 Å². The van der Waals surface area contributed by atoms with Gasteiger partial charge in [0.25, 0.3) is 0 Å². The number of nitrogens with zero attached hydrogens (tertiary/aromatic N) is 1. The number of nitrogens with two attached hydrogens (primary N) is 1. The zero-order valence-corrected chi connectivity index (χ0v) is 10.6. The molecule has 0 unspecified atom stereocenters. The minimum absolute atomic E-state index is 0.390. The smallest absolute Gasteiger partial charge is 0.122 e. The number of benzene rings is 1. The molecule has 0 aromatic heterocycles. The third kappa shape index (κ3) is 3.45. The van der Waals surface area contributed by atoms with Crippen LogP contribution in [0.2, 0.25) is 0 Å². The molecule has 1 saturated heterocycles. The van der Waals surface area contributed by atoms with E-state index in [1.165, 1.54) is 12.0 Å². The van der Waals surface area contributed by atoms with Crippen LogP contribution in [0, 0.1) is 0 Å². The maximum Gasteiger partial charge on any atom is 0.122 e. The van der Waals surface area contributed by atoms with Crippen LogP contribution in [0.3, 0.4) is 0 Å². The lowest BCUT2D eigenvalue weighted by Gasteiger charge is -2.15. The van der Waals surface area contributed by atoms with Crippen molar-refractivity contribution in [2.75, 3.05) is 26.7 Å². The van der Waals surface area contributed by atoms with Gasteiger partial charge in [-0.05, 0) is 44.0 Å². The van der Waals surface area contributed by atoms with Gasteiger partial charge in [-0.25, -0.2) is 0 Å². The van der Waals surface area contributed by atoms with Crippen molar-refractivity contribution in [2.45, 2.75) is 25.3 Å². The summed E-state index contributed by atoms with van der Waals surface area (Å²) in [6.07, 6.45) is 3.40. The molecule has 0 bridgehead atoms. The Labute approximate surface area is 104 Å². The van der Waals surface area contributed by atoms with Gasteiger partial charge in [-0.15, -0.1) is 0 Å². The molecule has 1 aliphatic heterocycles. The Balaban J connectivity index is 1.78. The molecule has 1 atom stereocenters. The summed E-state index contributed by atoms with van der Waals surface area (Å²) in [5.41, 5.74) is 7.20. The van der Waals surface area contributed by atoms with E-state index in [1.54, 1.807) is 7.11 Å². The van der Waals surface area contributed by atoms with Gasteiger partial charge in [0.1, 0.15) is 5.75 Å². The van der Waals surface area contributed by atoms with Crippen LogP contribution in [0.1, 0.15) is 18.4 Å². The van der Waals surface area contributed by atoms with Gasteiger partial charge >= 0.3 is 0 Å². The number of hydrogen-bond donors (Lipinski definition) is 1. The number of para-hydroxylation sites is 1. The van der Waals surface area contributed by atoms with Gasteiger partial charge in [0, 0.05) is 12.6 Å². The average molecular weight is 234 g/mol. The first-order valence-corrected chi connectivity index (χ1v) is 6.39. The van der Waals surface area contributed by atoms with E-state index in [0.29, 0.717) is 6.04 Å². The fourth-order valence-electron chi connectivity index (χ4n) is 2.47. The summed E-state index contributed by atoms with van der Waals surface area (Å²) in [6.45, 7) is 3.37. The van der Waals surface area contributed by atoms with E-state index in [1.807, 2.05) is 12.1 Å². The standard InChI is InChI=1S/C14H22N2O/c1-17-14-7-3-2-5-12(14)6-4-9-16-10-8-13(15)11-16/h2-3,5,7,13H,4,6,8-11,15H2,1H3/t13-/m1/s1. The van der Waals surface area contributed by atoms with Crippen molar-refractivity contribution in [3.63, 3.8) is 0 Å². The van der Waals surface area contributed by atoms with Crippen molar-refractivity contribution in [3.05, 3.63) is 29.8 Å². The molecule has 0 aliphatic carbocycles. The monoisotopic (exact) mass is 234 g/mol. The Morgan fingerprint density at radius 2 is 2.24 bits per heavy atom. The molecule has 1 aromatic carbocycles. The predicted molar refractivity (Wildman–Crippen MR) is 70.3 cm³/mol. The highest BCUT2D eigenvalue weighted by Crippen LogP contribution is 2.19. The molecule has 0 amide bonds. The Bertz CT molecular complexity index is 354. The first-order chi connectivity index (χ1) is 8.29. The van der Waals surface area contributed by atoms with Gasteiger partial charge in [-0.2, -0.15) is 0 Å². The SMILES string of the molecule is COc1ccccc1CCCN1CC[C@@H](N)C1. The van der Waals surface area contributed by atoms with Crippen LogP contribution in [-0.4, -0.2) is 37.7 Å². The number of methoxy groups -OCH3 is 1. The maximum absolute atomic E-state index is 5.89. The van der Waals surface area contributed by atoms with E-state index in [4.69, 9.17) is 10.5 Å². The summed E-state index contributed by atoms with van der Waals surface area (Å²) in [5.74, 6) is 1.01. The number of likely N-dealkylation sites (tertiary alicyclic amines) is 1. The summed E-state index contributed by atoms with van der Waals surface area (Å²) < 4.78 is 5.35. The molecule has 1 aromatic rings. The highest BCUT2D eigenvalue weighted by atomic mass is 16.5. The third-order valence-corrected chi connectivity index (χ3v) is 3.42. The summed E-state index contributed by atoms with van der Waals surface area (Å²) in [6, 6.07) is 8.66. The lowest BCUT2D eigenvalue weighted by Crippen LogP contribution is -2.27. The zero-order valence-electron chi connectivity index (χ0n) is 10.6. The number of ether oxygens (including phenoxy) is 1. The van der Waals surface area contributed by atoms with Gasteiger partial charge in [0.15, 0.2) is 0 Å². The summed E-state index contributed by atoms with van der Waals surface area (Å²) in [4.78, 5) is 2.46. The van der Waals surface area contributed by atoms with Crippen LogP contribution in [0.25, 0.3) is 0 Å². The summed E-state index contributed by atoms with van der Waals surface area (Å²) >= 11 is 0. The zero-order chi connectivity index (χ0) is 12.1. The van der Waals surface area contributed by atoms with E-state index >= 15 is 0 Å². The van der Waals surface area contributed by atoms with Crippen LogP contribution in [0.5, 0.6) is 5.75 Å². The van der Waals surface area contributed by atoms with E-state index in [-0.39, 0.29) is 0 Å². The van der Waals surface area contributed by atoms with Gasteiger partial charge < -0.3 is 15.4 Å². The molecule has 0 spiro atoms. The highest BCUT2D eigenvalue weighted by molar-refractivity contribution is 5.33. The van der Waals surface area contributed by atoms with Crippen molar-refractivity contribution in [3.8, 4) is 5.75 Å². The average Bonchev–Trinajstić information content (AvgIpc) is 2.76. The van der Waals surface area contributed by atoms with Crippen LogP contribution in [0.4, 0.5) is 0 Å². The Morgan fingerprint density at radius 1 is 1.41 bits per heavy atom. The van der Waals surface area contributed by atoms with E-state index < -0.39 is 0 Å².